The van der Waals surface area contributed by atoms with Gasteiger partial charge in [0.2, 0.25) is 0 Å². The number of aromatic nitrogens is 1. The lowest BCUT2D eigenvalue weighted by Gasteiger charge is -1.96. The second kappa shape index (κ2) is 2.94. The summed E-state index contributed by atoms with van der Waals surface area (Å²) in [5.41, 5.74) is 0. The van der Waals surface area contributed by atoms with E-state index in [1.54, 1.807) is 24.5 Å². The second-order valence-corrected chi connectivity index (χ2v) is 2.96. The van der Waals surface area contributed by atoms with E-state index in [0.29, 0.717) is 6.42 Å². The third kappa shape index (κ3) is 2.11. The van der Waals surface area contributed by atoms with Gasteiger partial charge >= 0.3 is 0 Å². The maximum Gasteiger partial charge on any atom is 0.0950 e. The molecule has 0 aromatic carbocycles. The highest BCUT2D eigenvalue weighted by atomic mass is 32.1. The van der Waals surface area contributed by atoms with E-state index < -0.39 is 0 Å². The van der Waals surface area contributed by atoms with Crippen molar-refractivity contribution in [1.29, 1.82) is 0 Å². The summed E-state index contributed by atoms with van der Waals surface area (Å²) in [6.45, 7) is 1.77. The number of hydrogen-bond acceptors (Lipinski definition) is 3. The minimum Gasteiger partial charge on any atom is -0.393 e. The number of rotatable bonds is 2. The monoisotopic (exact) mass is 143 g/mol. The predicted molar refractivity (Wildman–Crippen MR) is 37.5 cm³/mol. The first kappa shape index (κ1) is 6.71. The first-order chi connectivity index (χ1) is 4.29. The van der Waals surface area contributed by atoms with E-state index in [2.05, 4.69) is 4.98 Å². The maximum absolute atomic E-state index is 8.89. The molecule has 1 aromatic heterocycles. The Balaban J connectivity index is 2.48. The number of hydrogen-bond donors (Lipinski definition) is 1. The van der Waals surface area contributed by atoms with Gasteiger partial charge < -0.3 is 5.11 Å². The van der Waals surface area contributed by atoms with E-state index in [4.69, 9.17) is 5.11 Å². The lowest BCUT2D eigenvalue weighted by molar-refractivity contribution is 0.195. The fraction of sp³-hybridized carbons (Fsp3) is 0.500. The molecule has 50 valence electrons. The standard InChI is InChI=1S/C6H9NOS/c1-5(8)4-6-7-2-3-9-6/h2-3,5,8H,4H2,1H3/t5-/m0/s1. The molecule has 0 aliphatic carbocycles. The summed E-state index contributed by atoms with van der Waals surface area (Å²) in [4.78, 5) is 4.01. The molecule has 0 unspecified atom stereocenters. The second-order valence-electron chi connectivity index (χ2n) is 1.98. The summed E-state index contributed by atoms with van der Waals surface area (Å²) in [5, 5.41) is 11.8. The Morgan fingerprint density at radius 1 is 1.89 bits per heavy atom. The zero-order chi connectivity index (χ0) is 6.69. The number of nitrogens with zero attached hydrogens (tertiary/aromatic N) is 1. The van der Waals surface area contributed by atoms with Crippen molar-refractivity contribution in [1.82, 2.24) is 4.98 Å². The van der Waals surface area contributed by atoms with Gasteiger partial charge in [-0.1, -0.05) is 0 Å². The van der Waals surface area contributed by atoms with Gasteiger partial charge in [0.15, 0.2) is 0 Å². The molecule has 0 fully saturated rings. The molecule has 0 radical (unpaired) electrons. The first-order valence-corrected chi connectivity index (χ1v) is 3.73. The molecule has 1 heterocycles. The third-order valence-corrected chi connectivity index (χ3v) is 1.76. The fourth-order valence-electron chi connectivity index (χ4n) is 0.606. The highest BCUT2D eigenvalue weighted by Gasteiger charge is 1.98. The van der Waals surface area contributed by atoms with Crippen LogP contribution in [-0.4, -0.2) is 16.2 Å². The summed E-state index contributed by atoms with van der Waals surface area (Å²) >= 11 is 1.58. The van der Waals surface area contributed by atoms with Crippen LogP contribution in [0.25, 0.3) is 0 Å². The molecule has 1 aromatic rings. The topological polar surface area (TPSA) is 33.1 Å². The van der Waals surface area contributed by atoms with E-state index in [0.717, 1.165) is 5.01 Å². The van der Waals surface area contributed by atoms with Crippen LogP contribution in [0.1, 0.15) is 11.9 Å². The van der Waals surface area contributed by atoms with E-state index in [9.17, 15) is 0 Å². The van der Waals surface area contributed by atoms with Crippen molar-refractivity contribution in [3.05, 3.63) is 16.6 Å². The molecule has 1 atom stereocenters. The van der Waals surface area contributed by atoms with Crippen molar-refractivity contribution in [3.8, 4) is 0 Å². The fourth-order valence-corrected chi connectivity index (χ4v) is 1.34. The lowest BCUT2D eigenvalue weighted by Crippen LogP contribution is -2.02. The molecule has 2 nitrogen and oxygen atoms in total. The van der Waals surface area contributed by atoms with Crippen LogP contribution in [0.3, 0.4) is 0 Å². The average molecular weight is 143 g/mol. The van der Waals surface area contributed by atoms with E-state index in [-0.39, 0.29) is 6.10 Å². The Hall–Kier alpha value is -0.410. The SMILES string of the molecule is C[C@H](O)Cc1nccs1. The lowest BCUT2D eigenvalue weighted by atomic mass is 10.3. The molecule has 0 bridgehead atoms. The van der Waals surface area contributed by atoms with Crippen molar-refractivity contribution < 1.29 is 5.11 Å². The highest BCUT2D eigenvalue weighted by Crippen LogP contribution is 2.05. The van der Waals surface area contributed by atoms with Crippen molar-refractivity contribution >= 4 is 11.3 Å². The zero-order valence-electron chi connectivity index (χ0n) is 5.24. The van der Waals surface area contributed by atoms with Crippen molar-refractivity contribution in [2.45, 2.75) is 19.4 Å². The summed E-state index contributed by atoms with van der Waals surface area (Å²) in [5.74, 6) is 0. The molecule has 3 heteroatoms. The van der Waals surface area contributed by atoms with Crippen LogP contribution in [0.5, 0.6) is 0 Å². The molecule has 0 spiro atoms. The van der Waals surface area contributed by atoms with Gasteiger partial charge in [0.1, 0.15) is 0 Å². The van der Waals surface area contributed by atoms with Gasteiger partial charge in [0, 0.05) is 18.0 Å². The quantitative estimate of drug-likeness (QED) is 0.671. The average Bonchev–Trinajstić information content (AvgIpc) is 2.15. The number of aliphatic hydroxyl groups excluding tert-OH is 1. The van der Waals surface area contributed by atoms with Crippen LogP contribution in [0.15, 0.2) is 11.6 Å². The largest absolute Gasteiger partial charge is 0.393 e. The molecule has 9 heavy (non-hydrogen) atoms. The van der Waals surface area contributed by atoms with Crippen molar-refractivity contribution in [2.24, 2.45) is 0 Å². The summed E-state index contributed by atoms with van der Waals surface area (Å²) in [7, 11) is 0. The maximum atomic E-state index is 8.89. The van der Waals surface area contributed by atoms with Gasteiger partial charge in [-0.2, -0.15) is 0 Å². The number of aliphatic hydroxyl groups is 1. The van der Waals surface area contributed by atoms with Gasteiger partial charge in [0.25, 0.3) is 0 Å². The Labute approximate surface area is 58.2 Å². The molecular formula is C6H9NOS. The Morgan fingerprint density at radius 3 is 3.11 bits per heavy atom. The highest BCUT2D eigenvalue weighted by molar-refractivity contribution is 7.09. The van der Waals surface area contributed by atoms with E-state index >= 15 is 0 Å². The summed E-state index contributed by atoms with van der Waals surface area (Å²) < 4.78 is 0. The summed E-state index contributed by atoms with van der Waals surface area (Å²) in [6, 6.07) is 0. The number of thiazole rings is 1. The van der Waals surface area contributed by atoms with Crippen molar-refractivity contribution in [3.63, 3.8) is 0 Å². The molecule has 0 saturated carbocycles. The van der Waals surface area contributed by atoms with Gasteiger partial charge in [-0.15, -0.1) is 11.3 Å². The van der Waals surface area contributed by atoms with Crippen LogP contribution in [0, 0.1) is 0 Å². The predicted octanol–water partition coefficient (Wildman–Crippen LogP) is 1.07. The van der Waals surface area contributed by atoms with Gasteiger partial charge in [0.05, 0.1) is 11.1 Å². The Kier molecular flexibility index (Phi) is 2.19. The Bertz CT molecular complexity index is 160. The van der Waals surface area contributed by atoms with Crippen LogP contribution in [0.4, 0.5) is 0 Å². The molecule has 0 amide bonds. The van der Waals surface area contributed by atoms with E-state index in [1.807, 2.05) is 5.38 Å². The molecule has 0 aliphatic rings. The molecule has 1 rings (SSSR count). The van der Waals surface area contributed by atoms with Gasteiger partial charge in [-0.25, -0.2) is 4.98 Å². The van der Waals surface area contributed by atoms with Crippen LogP contribution >= 0.6 is 11.3 Å². The van der Waals surface area contributed by atoms with Crippen LogP contribution in [-0.2, 0) is 6.42 Å². The molecule has 1 N–H and O–H groups in total. The first-order valence-electron chi connectivity index (χ1n) is 2.85. The molecular weight excluding hydrogens is 134 g/mol. The van der Waals surface area contributed by atoms with Crippen LogP contribution < -0.4 is 0 Å². The van der Waals surface area contributed by atoms with E-state index in [1.165, 1.54) is 0 Å². The minimum atomic E-state index is -0.267. The minimum absolute atomic E-state index is 0.267. The zero-order valence-corrected chi connectivity index (χ0v) is 6.06. The van der Waals surface area contributed by atoms with Crippen LogP contribution in [0.2, 0.25) is 0 Å². The Morgan fingerprint density at radius 2 is 2.67 bits per heavy atom. The summed E-state index contributed by atoms with van der Waals surface area (Å²) in [6.07, 6.45) is 2.16. The van der Waals surface area contributed by atoms with Gasteiger partial charge in [-0.05, 0) is 6.92 Å². The smallest absolute Gasteiger partial charge is 0.0950 e. The molecule has 0 aliphatic heterocycles. The van der Waals surface area contributed by atoms with Crippen molar-refractivity contribution in [2.75, 3.05) is 0 Å². The normalized spacial score (nSPS) is 13.6. The third-order valence-electron chi connectivity index (χ3n) is 0.953. The van der Waals surface area contributed by atoms with Gasteiger partial charge in [-0.3, -0.25) is 0 Å². The molecule has 0 saturated heterocycles.